The maximum Gasteiger partial charge on any atom is 0.191 e. The Bertz CT molecular complexity index is 428. The molecule has 5 heteroatoms. The van der Waals surface area contributed by atoms with Crippen molar-refractivity contribution in [1.82, 2.24) is 0 Å². The first-order valence-electron chi connectivity index (χ1n) is 6.42. The lowest BCUT2D eigenvalue weighted by molar-refractivity contribution is -0.116. The van der Waals surface area contributed by atoms with Gasteiger partial charge in [0.05, 0.1) is 6.10 Å². The average Bonchev–Trinajstić information content (AvgIpc) is 2.37. The smallest absolute Gasteiger partial charge is 0.191 e. The van der Waals surface area contributed by atoms with Crippen LogP contribution in [0.15, 0.2) is 24.3 Å². The first-order valence-corrected chi connectivity index (χ1v) is 7.94. The molecular formula is C14H21O4P. The lowest BCUT2D eigenvalue weighted by atomic mass is 10.1. The predicted molar refractivity (Wildman–Crippen MR) is 76.4 cm³/mol. The van der Waals surface area contributed by atoms with Gasteiger partial charge in [0.15, 0.2) is 8.03 Å². The molecule has 106 valence electrons. The van der Waals surface area contributed by atoms with Crippen LogP contribution >= 0.6 is 8.03 Å². The standard InChI is InChI=1S/C14H21O4P/c1-4-19(16)18-12(3)10-17-14-7-5-13(6-8-14)9-11(2)15/h5-8,12,19H,4,9-10H2,1-3H3. The maximum absolute atomic E-state index is 11.3. The van der Waals surface area contributed by atoms with Gasteiger partial charge in [0.2, 0.25) is 0 Å². The van der Waals surface area contributed by atoms with Crippen LogP contribution in [-0.4, -0.2) is 24.7 Å². The molecule has 0 saturated carbocycles. The van der Waals surface area contributed by atoms with Crippen LogP contribution in [0, 0.1) is 0 Å². The molecule has 19 heavy (non-hydrogen) atoms. The lowest BCUT2D eigenvalue weighted by Crippen LogP contribution is -2.15. The zero-order chi connectivity index (χ0) is 14.3. The van der Waals surface area contributed by atoms with Crippen LogP contribution in [-0.2, 0) is 20.3 Å². The van der Waals surface area contributed by atoms with Crippen molar-refractivity contribution in [3.05, 3.63) is 29.8 Å². The summed E-state index contributed by atoms with van der Waals surface area (Å²) >= 11 is 0. The summed E-state index contributed by atoms with van der Waals surface area (Å²) in [7, 11) is -1.92. The van der Waals surface area contributed by atoms with Crippen LogP contribution < -0.4 is 4.74 Å². The predicted octanol–water partition coefficient (Wildman–Crippen LogP) is 3.10. The van der Waals surface area contributed by atoms with E-state index in [9.17, 15) is 9.36 Å². The first-order chi connectivity index (χ1) is 9.01. The highest BCUT2D eigenvalue weighted by atomic mass is 31.1. The van der Waals surface area contributed by atoms with Crippen molar-refractivity contribution >= 4 is 13.8 Å². The summed E-state index contributed by atoms with van der Waals surface area (Å²) in [5.41, 5.74) is 0.972. The van der Waals surface area contributed by atoms with Crippen LogP contribution in [0.25, 0.3) is 0 Å². The van der Waals surface area contributed by atoms with Gasteiger partial charge in [-0.05, 0) is 31.5 Å². The van der Waals surface area contributed by atoms with Crippen LogP contribution in [0.4, 0.5) is 0 Å². The number of benzene rings is 1. The van der Waals surface area contributed by atoms with E-state index in [0.29, 0.717) is 19.2 Å². The highest BCUT2D eigenvalue weighted by molar-refractivity contribution is 7.39. The van der Waals surface area contributed by atoms with E-state index < -0.39 is 8.03 Å². The summed E-state index contributed by atoms with van der Waals surface area (Å²) in [5.74, 6) is 0.860. The summed E-state index contributed by atoms with van der Waals surface area (Å²) in [6, 6.07) is 7.40. The van der Waals surface area contributed by atoms with Gasteiger partial charge >= 0.3 is 0 Å². The molecule has 4 nitrogen and oxygen atoms in total. The Balaban J connectivity index is 2.41. The molecule has 0 fully saturated rings. The SMILES string of the molecule is CC[PH](=O)OC(C)COc1ccc(CC(C)=O)cc1. The Morgan fingerprint density at radius 3 is 2.47 bits per heavy atom. The fraction of sp³-hybridized carbons (Fsp3) is 0.500. The topological polar surface area (TPSA) is 52.6 Å². The summed E-state index contributed by atoms with van der Waals surface area (Å²) in [4.78, 5) is 11.0. The quantitative estimate of drug-likeness (QED) is 0.688. The third-order valence-corrected chi connectivity index (χ3v) is 3.73. The molecule has 0 N–H and O–H groups in total. The molecule has 0 saturated heterocycles. The summed E-state index contributed by atoms with van der Waals surface area (Å²) in [6.07, 6.45) is 0.802. The number of hydrogen-bond donors (Lipinski definition) is 0. The second-order valence-electron chi connectivity index (χ2n) is 4.49. The molecule has 0 aromatic heterocycles. The van der Waals surface area contributed by atoms with Gasteiger partial charge in [-0.15, -0.1) is 0 Å². The van der Waals surface area contributed by atoms with Crippen LogP contribution in [0.2, 0.25) is 0 Å². The van der Waals surface area contributed by atoms with Gasteiger partial charge in [0, 0.05) is 12.6 Å². The minimum absolute atomic E-state index is 0.139. The maximum atomic E-state index is 11.3. The van der Waals surface area contributed by atoms with E-state index in [4.69, 9.17) is 9.26 Å². The number of Topliss-reactive ketones (excluding diaryl/α,β-unsaturated/α-hetero) is 1. The highest BCUT2D eigenvalue weighted by Crippen LogP contribution is 2.23. The van der Waals surface area contributed by atoms with E-state index in [1.165, 1.54) is 0 Å². The third-order valence-electron chi connectivity index (χ3n) is 2.48. The molecule has 0 bridgehead atoms. The molecule has 2 atom stereocenters. The molecule has 0 spiro atoms. The van der Waals surface area contributed by atoms with Gasteiger partial charge < -0.3 is 9.26 Å². The van der Waals surface area contributed by atoms with E-state index in [1.54, 1.807) is 6.92 Å². The molecule has 1 aromatic rings. The van der Waals surface area contributed by atoms with Gasteiger partial charge in [-0.3, -0.25) is 9.36 Å². The minimum atomic E-state index is -1.92. The number of hydrogen-bond acceptors (Lipinski definition) is 4. The summed E-state index contributed by atoms with van der Waals surface area (Å²) in [6.45, 7) is 5.60. The lowest BCUT2D eigenvalue weighted by Gasteiger charge is -2.13. The Morgan fingerprint density at radius 1 is 1.32 bits per heavy atom. The average molecular weight is 284 g/mol. The zero-order valence-corrected chi connectivity index (χ0v) is 12.6. The number of ketones is 1. The Hall–Kier alpha value is -1.12. The number of carbonyl (C=O) groups is 1. The normalized spacial score (nSPS) is 13.8. The number of carbonyl (C=O) groups excluding carboxylic acids is 1. The van der Waals surface area contributed by atoms with Crippen molar-refractivity contribution in [3.8, 4) is 5.75 Å². The van der Waals surface area contributed by atoms with E-state index >= 15 is 0 Å². The molecule has 1 aromatic carbocycles. The van der Waals surface area contributed by atoms with Gasteiger partial charge in [0.25, 0.3) is 0 Å². The second-order valence-corrected chi connectivity index (χ2v) is 6.17. The molecule has 0 amide bonds. The zero-order valence-electron chi connectivity index (χ0n) is 11.6. The van der Waals surface area contributed by atoms with E-state index in [-0.39, 0.29) is 11.9 Å². The molecule has 0 radical (unpaired) electrons. The number of ether oxygens (including phenoxy) is 1. The third kappa shape index (κ3) is 6.55. The van der Waals surface area contributed by atoms with Crippen LogP contribution in [0.3, 0.4) is 0 Å². The second kappa shape index (κ2) is 8.13. The van der Waals surface area contributed by atoms with Crippen molar-refractivity contribution in [3.63, 3.8) is 0 Å². The first kappa shape index (κ1) is 15.9. The molecule has 0 aliphatic carbocycles. The summed E-state index contributed by atoms with van der Waals surface area (Å²) in [5, 5.41) is 0. The Morgan fingerprint density at radius 2 is 1.95 bits per heavy atom. The van der Waals surface area contributed by atoms with Gasteiger partial charge in [0.1, 0.15) is 18.1 Å². The van der Waals surface area contributed by atoms with Crippen molar-refractivity contribution < 1.29 is 18.6 Å². The molecule has 2 unspecified atom stereocenters. The Labute approximate surface area is 115 Å². The summed E-state index contributed by atoms with van der Waals surface area (Å²) < 4.78 is 22.1. The number of rotatable bonds is 8. The minimum Gasteiger partial charge on any atom is -0.491 e. The van der Waals surface area contributed by atoms with Crippen LogP contribution in [0.5, 0.6) is 5.75 Å². The fourth-order valence-corrected chi connectivity index (χ4v) is 2.23. The highest BCUT2D eigenvalue weighted by Gasteiger charge is 2.07. The van der Waals surface area contributed by atoms with Gasteiger partial charge in [-0.25, -0.2) is 0 Å². The largest absolute Gasteiger partial charge is 0.491 e. The molecule has 0 aliphatic rings. The van der Waals surface area contributed by atoms with Crippen LogP contribution in [0.1, 0.15) is 26.3 Å². The van der Waals surface area contributed by atoms with Crippen molar-refractivity contribution in [1.29, 1.82) is 0 Å². The van der Waals surface area contributed by atoms with E-state index in [0.717, 1.165) is 11.3 Å². The van der Waals surface area contributed by atoms with Crippen molar-refractivity contribution in [2.45, 2.75) is 33.3 Å². The van der Waals surface area contributed by atoms with Gasteiger partial charge in [-0.2, -0.15) is 0 Å². The Kier molecular flexibility index (Phi) is 6.82. The van der Waals surface area contributed by atoms with Gasteiger partial charge in [-0.1, -0.05) is 19.1 Å². The molecule has 0 heterocycles. The van der Waals surface area contributed by atoms with Crippen molar-refractivity contribution in [2.24, 2.45) is 0 Å². The van der Waals surface area contributed by atoms with E-state index in [2.05, 4.69) is 0 Å². The van der Waals surface area contributed by atoms with Crippen molar-refractivity contribution in [2.75, 3.05) is 12.8 Å². The molecule has 0 aliphatic heterocycles. The van der Waals surface area contributed by atoms with E-state index in [1.807, 2.05) is 38.1 Å². The monoisotopic (exact) mass is 284 g/mol. The fourth-order valence-electron chi connectivity index (χ4n) is 1.55. The molecule has 1 rings (SSSR count). The molecular weight excluding hydrogens is 263 g/mol.